The summed E-state index contributed by atoms with van der Waals surface area (Å²) in [5.74, 6) is -0.684. The number of rotatable bonds is 4. The second-order valence-corrected chi connectivity index (χ2v) is 5.38. The van der Waals surface area contributed by atoms with Crippen LogP contribution in [0.2, 0.25) is 5.02 Å². The molecule has 116 valence electrons. The Balaban J connectivity index is 2.15. The second-order valence-electron chi connectivity index (χ2n) is 4.97. The van der Waals surface area contributed by atoms with Crippen LogP contribution >= 0.6 is 11.6 Å². The Kier molecular flexibility index (Phi) is 4.92. The number of carbonyl (C=O) groups is 1. The first kappa shape index (κ1) is 16.2. The number of aromatic nitrogens is 2. The number of nitrogens with zero attached hydrogens (tertiary/aromatic N) is 3. The maximum atomic E-state index is 13.7. The minimum atomic E-state index is -0.655. The number of anilines is 1. The fourth-order valence-corrected chi connectivity index (χ4v) is 2.13. The second kappa shape index (κ2) is 6.70. The summed E-state index contributed by atoms with van der Waals surface area (Å²) in [4.78, 5) is 22.4. The molecule has 0 bridgehead atoms. The lowest BCUT2D eigenvalue weighted by Gasteiger charge is -2.13. The van der Waals surface area contributed by atoms with Crippen molar-refractivity contribution >= 4 is 23.5 Å². The normalized spacial score (nSPS) is 10.4. The van der Waals surface area contributed by atoms with E-state index in [1.165, 1.54) is 18.2 Å². The standard InChI is InChI=1S/C15H16ClFN4O/c1-9-7-10(20-15(19-9)21(2)3)8-18-14(22)13-11(16)5-4-6-12(13)17/h4-7H,8H2,1-3H3,(H,18,22). The quantitative estimate of drug-likeness (QED) is 0.940. The van der Waals surface area contributed by atoms with Gasteiger partial charge in [-0.05, 0) is 25.1 Å². The number of carbonyl (C=O) groups excluding carboxylic acids is 1. The third kappa shape index (κ3) is 3.71. The maximum Gasteiger partial charge on any atom is 0.256 e. The fraction of sp³-hybridized carbons (Fsp3) is 0.267. The monoisotopic (exact) mass is 322 g/mol. The molecule has 0 fully saturated rings. The molecule has 0 atom stereocenters. The minimum absolute atomic E-state index is 0.0744. The number of hydrogen-bond acceptors (Lipinski definition) is 4. The van der Waals surface area contributed by atoms with Crippen molar-refractivity contribution in [1.82, 2.24) is 15.3 Å². The van der Waals surface area contributed by atoms with Crippen LogP contribution in [0.25, 0.3) is 0 Å². The summed E-state index contributed by atoms with van der Waals surface area (Å²) in [7, 11) is 3.66. The lowest BCUT2D eigenvalue weighted by molar-refractivity contribution is 0.0946. The van der Waals surface area contributed by atoms with Crippen LogP contribution < -0.4 is 10.2 Å². The number of halogens is 2. The van der Waals surface area contributed by atoms with Gasteiger partial charge in [-0.1, -0.05) is 17.7 Å². The van der Waals surface area contributed by atoms with Crippen molar-refractivity contribution in [1.29, 1.82) is 0 Å². The molecule has 2 aromatic rings. The molecule has 0 aliphatic carbocycles. The molecule has 0 unspecified atom stereocenters. The molecule has 0 saturated carbocycles. The number of benzene rings is 1. The van der Waals surface area contributed by atoms with E-state index >= 15 is 0 Å². The van der Waals surface area contributed by atoms with Gasteiger partial charge in [-0.2, -0.15) is 0 Å². The van der Waals surface area contributed by atoms with Gasteiger partial charge in [0, 0.05) is 19.8 Å². The maximum absolute atomic E-state index is 13.7. The number of aryl methyl sites for hydroxylation is 1. The lowest BCUT2D eigenvalue weighted by atomic mass is 10.2. The Morgan fingerprint density at radius 1 is 1.36 bits per heavy atom. The smallest absolute Gasteiger partial charge is 0.256 e. The average Bonchev–Trinajstić information content (AvgIpc) is 2.44. The van der Waals surface area contributed by atoms with Crippen molar-refractivity contribution in [3.8, 4) is 0 Å². The zero-order valence-electron chi connectivity index (χ0n) is 12.5. The van der Waals surface area contributed by atoms with E-state index in [1.807, 2.05) is 21.0 Å². The van der Waals surface area contributed by atoms with E-state index in [0.29, 0.717) is 11.6 Å². The topological polar surface area (TPSA) is 58.1 Å². The van der Waals surface area contributed by atoms with Gasteiger partial charge in [0.25, 0.3) is 5.91 Å². The molecule has 1 N–H and O–H groups in total. The molecule has 0 radical (unpaired) electrons. The van der Waals surface area contributed by atoms with E-state index in [9.17, 15) is 9.18 Å². The molecule has 0 aliphatic heterocycles. The molecule has 7 heteroatoms. The van der Waals surface area contributed by atoms with E-state index in [4.69, 9.17) is 11.6 Å². The van der Waals surface area contributed by atoms with E-state index in [-0.39, 0.29) is 17.1 Å². The highest BCUT2D eigenvalue weighted by molar-refractivity contribution is 6.33. The van der Waals surface area contributed by atoms with Crippen molar-refractivity contribution in [2.24, 2.45) is 0 Å². The molecule has 1 heterocycles. The van der Waals surface area contributed by atoms with Gasteiger partial charge < -0.3 is 10.2 Å². The Bertz CT molecular complexity index is 686. The van der Waals surface area contributed by atoms with E-state index in [0.717, 1.165) is 5.69 Å². The predicted octanol–water partition coefficient (Wildman–Crippen LogP) is 2.57. The van der Waals surface area contributed by atoms with Crippen molar-refractivity contribution in [3.05, 3.63) is 52.1 Å². The molecule has 2 rings (SSSR count). The van der Waals surface area contributed by atoms with Crippen molar-refractivity contribution in [2.75, 3.05) is 19.0 Å². The van der Waals surface area contributed by atoms with Crippen LogP contribution in [0, 0.1) is 12.7 Å². The van der Waals surface area contributed by atoms with Crippen LogP contribution in [-0.2, 0) is 6.54 Å². The van der Waals surface area contributed by atoms with Crippen LogP contribution in [-0.4, -0.2) is 30.0 Å². The van der Waals surface area contributed by atoms with Crippen LogP contribution in [0.15, 0.2) is 24.3 Å². The van der Waals surface area contributed by atoms with Crippen LogP contribution in [0.3, 0.4) is 0 Å². The summed E-state index contributed by atoms with van der Waals surface area (Å²) in [5, 5.41) is 2.69. The van der Waals surface area contributed by atoms with Crippen molar-refractivity contribution in [3.63, 3.8) is 0 Å². The molecule has 0 aliphatic rings. The average molecular weight is 323 g/mol. The van der Waals surface area contributed by atoms with Gasteiger partial charge in [0.15, 0.2) is 0 Å². The first-order valence-electron chi connectivity index (χ1n) is 6.62. The zero-order chi connectivity index (χ0) is 16.3. The summed E-state index contributed by atoms with van der Waals surface area (Å²) >= 11 is 5.87. The Morgan fingerprint density at radius 2 is 2.09 bits per heavy atom. The van der Waals surface area contributed by atoms with Crippen LogP contribution in [0.4, 0.5) is 10.3 Å². The number of nitrogens with one attached hydrogen (secondary N) is 1. The Morgan fingerprint density at radius 3 is 2.73 bits per heavy atom. The number of hydrogen-bond donors (Lipinski definition) is 1. The first-order valence-corrected chi connectivity index (χ1v) is 7.00. The van der Waals surface area contributed by atoms with Gasteiger partial charge in [0.05, 0.1) is 22.8 Å². The Hall–Kier alpha value is -2.21. The summed E-state index contributed by atoms with van der Waals surface area (Å²) < 4.78 is 13.7. The van der Waals surface area contributed by atoms with E-state index in [2.05, 4.69) is 15.3 Å². The summed E-state index contributed by atoms with van der Waals surface area (Å²) in [6.45, 7) is 2.00. The van der Waals surface area contributed by atoms with Gasteiger partial charge in [-0.25, -0.2) is 14.4 Å². The highest BCUT2D eigenvalue weighted by atomic mass is 35.5. The third-order valence-corrected chi connectivity index (χ3v) is 3.23. The molecular formula is C15H16ClFN4O. The van der Waals surface area contributed by atoms with Gasteiger partial charge in [-0.15, -0.1) is 0 Å². The summed E-state index contributed by atoms with van der Waals surface area (Å²) in [6, 6.07) is 5.88. The third-order valence-electron chi connectivity index (χ3n) is 2.92. The molecule has 1 aromatic heterocycles. The van der Waals surface area contributed by atoms with Gasteiger partial charge in [0.1, 0.15) is 5.82 Å². The van der Waals surface area contributed by atoms with Crippen molar-refractivity contribution in [2.45, 2.75) is 13.5 Å². The summed E-state index contributed by atoms with van der Waals surface area (Å²) in [5.41, 5.74) is 1.26. The largest absolute Gasteiger partial charge is 0.347 e. The highest BCUT2D eigenvalue weighted by Crippen LogP contribution is 2.18. The molecule has 22 heavy (non-hydrogen) atoms. The Labute approximate surface area is 133 Å². The van der Waals surface area contributed by atoms with Crippen LogP contribution in [0.5, 0.6) is 0 Å². The molecule has 5 nitrogen and oxygen atoms in total. The summed E-state index contributed by atoms with van der Waals surface area (Å²) in [6.07, 6.45) is 0. The van der Waals surface area contributed by atoms with Crippen molar-refractivity contribution < 1.29 is 9.18 Å². The lowest BCUT2D eigenvalue weighted by Crippen LogP contribution is -2.25. The molecule has 1 aromatic carbocycles. The molecule has 0 saturated heterocycles. The first-order chi connectivity index (χ1) is 10.4. The van der Waals surface area contributed by atoms with Gasteiger partial charge in [-0.3, -0.25) is 4.79 Å². The minimum Gasteiger partial charge on any atom is -0.347 e. The van der Waals surface area contributed by atoms with E-state index < -0.39 is 11.7 Å². The number of amides is 1. The highest BCUT2D eigenvalue weighted by Gasteiger charge is 2.15. The molecular weight excluding hydrogens is 307 g/mol. The predicted molar refractivity (Wildman–Crippen MR) is 83.7 cm³/mol. The fourth-order valence-electron chi connectivity index (χ4n) is 1.88. The van der Waals surface area contributed by atoms with Gasteiger partial charge >= 0.3 is 0 Å². The molecule has 0 spiro atoms. The van der Waals surface area contributed by atoms with E-state index in [1.54, 1.807) is 11.0 Å². The van der Waals surface area contributed by atoms with Crippen LogP contribution in [0.1, 0.15) is 21.7 Å². The SMILES string of the molecule is Cc1cc(CNC(=O)c2c(F)cccc2Cl)nc(N(C)C)n1. The molecule has 1 amide bonds. The zero-order valence-corrected chi connectivity index (χ0v) is 13.3. The van der Waals surface area contributed by atoms with Gasteiger partial charge in [0.2, 0.25) is 5.95 Å².